The lowest BCUT2D eigenvalue weighted by molar-refractivity contribution is -0.0500. The zero-order valence-electron chi connectivity index (χ0n) is 29.4. The maximum atomic E-state index is 15.5. The van der Waals surface area contributed by atoms with E-state index in [0.717, 1.165) is 12.1 Å². The highest BCUT2D eigenvalue weighted by molar-refractivity contribution is 7.88. The Morgan fingerprint density at radius 2 is 1.49 bits per heavy atom. The van der Waals surface area contributed by atoms with E-state index in [0.29, 0.717) is 6.61 Å². The van der Waals surface area contributed by atoms with Crippen LogP contribution in [-0.2, 0) is 35.5 Å². The summed E-state index contributed by atoms with van der Waals surface area (Å²) in [6.45, 7) is 17.7. The van der Waals surface area contributed by atoms with Gasteiger partial charge in [0.25, 0.3) is 0 Å². The van der Waals surface area contributed by atoms with E-state index in [1.807, 2.05) is 0 Å². The smallest absolute Gasteiger partial charge is 0.456 e. The molecule has 2 aliphatic heterocycles. The molecule has 0 saturated carbocycles. The van der Waals surface area contributed by atoms with Crippen LogP contribution in [0.5, 0.6) is 11.8 Å². The van der Waals surface area contributed by atoms with Crippen LogP contribution in [0, 0.1) is 17.5 Å². The van der Waals surface area contributed by atoms with Crippen LogP contribution in [0.1, 0.15) is 20.8 Å². The van der Waals surface area contributed by atoms with Crippen molar-refractivity contribution in [3.8, 4) is 23.0 Å². The molecule has 0 radical (unpaired) electrons. The number of aromatic nitrogens is 3. The largest absolute Gasteiger partial charge is 0.534 e. The molecule has 0 spiro atoms. The summed E-state index contributed by atoms with van der Waals surface area (Å²) in [7, 11) is -9.92. The summed E-state index contributed by atoms with van der Waals surface area (Å²) in [5.74, 6) is -5.82. The third kappa shape index (κ3) is 8.41. The SMILES string of the molecule is CC(C)(C)[Si](C)(C)O[C@@H]1CO[C@H]2[C@@H]1OC[C@H]2Oc1nc2cc(F)c(-c3c(F)cc(OS(=O)(=O)C(F)(F)F)cc3F)nc2n1COCC[Si](C)(C)C. The summed E-state index contributed by atoms with van der Waals surface area (Å²) >= 11 is 0. The number of halogens is 6. The number of benzene rings is 1. The molecule has 5 rings (SSSR count). The first kappa shape index (κ1) is 39.5. The maximum Gasteiger partial charge on any atom is 0.534 e. The van der Waals surface area contributed by atoms with E-state index in [4.69, 9.17) is 23.4 Å². The number of hydrogen-bond acceptors (Lipinski definition) is 10. The van der Waals surface area contributed by atoms with Crippen molar-refractivity contribution >= 4 is 37.7 Å². The Bertz CT molecular complexity index is 1860. The van der Waals surface area contributed by atoms with Crippen LogP contribution in [0.2, 0.25) is 43.8 Å². The zero-order valence-corrected chi connectivity index (χ0v) is 32.2. The Morgan fingerprint density at radius 1 is 0.902 bits per heavy atom. The minimum atomic E-state index is -6.24. The van der Waals surface area contributed by atoms with Gasteiger partial charge in [-0.2, -0.15) is 26.6 Å². The highest BCUT2D eigenvalue weighted by Gasteiger charge is 2.53. The van der Waals surface area contributed by atoms with Crippen molar-refractivity contribution in [2.75, 3.05) is 19.8 Å². The number of fused-ring (bicyclic) bond motifs is 2. The fraction of sp³-hybridized carbons (Fsp3) is 0.613. The molecule has 0 N–H and O–H groups in total. The predicted octanol–water partition coefficient (Wildman–Crippen LogP) is 6.99. The normalized spacial score (nSPS) is 21.8. The molecule has 2 aromatic heterocycles. The molecule has 0 amide bonds. The van der Waals surface area contributed by atoms with Crippen molar-refractivity contribution in [2.45, 2.75) is 101 Å². The van der Waals surface area contributed by atoms with E-state index in [1.54, 1.807) is 0 Å². The molecule has 20 heteroatoms. The van der Waals surface area contributed by atoms with Crippen LogP contribution in [0.4, 0.5) is 26.3 Å². The van der Waals surface area contributed by atoms with Crippen molar-refractivity contribution in [1.29, 1.82) is 0 Å². The van der Waals surface area contributed by atoms with Gasteiger partial charge in [-0.1, -0.05) is 40.4 Å². The Kier molecular flexibility index (Phi) is 10.8. The summed E-state index contributed by atoms with van der Waals surface area (Å²) < 4.78 is 143. The number of hydrogen-bond donors (Lipinski definition) is 0. The number of imidazole rings is 1. The monoisotopic (exact) mass is 785 g/mol. The van der Waals surface area contributed by atoms with Crippen LogP contribution in [0.15, 0.2) is 18.2 Å². The van der Waals surface area contributed by atoms with E-state index < -0.39 is 84.8 Å². The fourth-order valence-electron chi connectivity index (χ4n) is 5.24. The highest BCUT2D eigenvalue weighted by Crippen LogP contribution is 2.41. The molecule has 51 heavy (non-hydrogen) atoms. The molecule has 1 aromatic carbocycles. The van der Waals surface area contributed by atoms with Crippen molar-refractivity contribution in [3.63, 3.8) is 0 Å². The number of rotatable bonds is 12. The first-order chi connectivity index (χ1) is 23.4. The maximum absolute atomic E-state index is 15.5. The van der Waals surface area contributed by atoms with E-state index in [2.05, 4.69) is 67.7 Å². The first-order valence-corrected chi connectivity index (χ1v) is 24.1. The first-order valence-electron chi connectivity index (χ1n) is 16.1. The Morgan fingerprint density at radius 3 is 2.06 bits per heavy atom. The van der Waals surface area contributed by atoms with Gasteiger partial charge in [0, 0.05) is 32.9 Å². The van der Waals surface area contributed by atoms with Gasteiger partial charge in [-0.15, -0.1) is 0 Å². The number of nitrogens with zero attached hydrogens (tertiary/aromatic N) is 3. The van der Waals surface area contributed by atoms with Crippen molar-refractivity contribution in [3.05, 3.63) is 35.7 Å². The van der Waals surface area contributed by atoms with E-state index in [9.17, 15) is 21.6 Å². The molecule has 0 aliphatic carbocycles. The Balaban J connectivity index is 1.47. The average molecular weight is 786 g/mol. The van der Waals surface area contributed by atoms with Gasteiger partial charge in [0.05, 0.1) is 24.9 Å². The summed E-state index contributed by atoms with van der Waals surface area (Å²) in [6, 6.07) is 1.96. The molecule has 2 fully saturated rings. The minimum Gasteiger partial charge on any atom is -0.456 e. The highest BCUT2D eigenvalue weighted by atomic mass is 32.2. The Hall–Kier alpha value is -2.76. The van der Waals surface area contributed by atoms with Crippen molar-refractivity contribution in [1.82, 2.24) is 14.5 Å². The molecule has 2 saturated heterocycles. The molecule has 2 aliphatic rings. The lowest BCUT2D eigenvalue weighted by Gasteiger charge is -2.39. The van der Waals surface area contributed by atoms with Crippen LogP contribution in [-0.4, -0.2) is 89.1 Å². The minimum absolute atomic E-state index is 0.0452. The van der Waals surface area contributed by atoms with Gasteiger partial charge >= 0.3 is 21.6 Å². The summed E-state index contributed by atoms with van der Waals surface area (Å²) in [5.41, 5.74) is -7.96. The summed E-state index contributed by atoms with van der Waals surface area (Å²) in [6.07, 6.45) is -1.92. The van der Waals surface area contributed by atoms with Gasteiger partial charge in [0.1, 0.15) is 47.5 Å². The van der Waals surface area contributed by atoms with Crippen molar-refractivity contribution in [2.24, 2.45) is 0 Å². The molecular formula is C31H41F6N3O8SSi2. The number of pyridine rings is 1. The second kappa shape index (κ2) is 13.9. The number of alkyl halides is 3. The third-order valence-electron chi connectivity index (χ3n) is 9.07. The van der Waals surface area contributed by atoms with E-state index in [-0.39, 0.29) is 60.4 Å². The second-order valence-electron chi connectivity index (χ2n) is 15.2. The van der Waals surface area contributed by atoms with E-state index in [1.165, 1.54) is 4.57 Å². The molecule has 0 bridgehead atoms. The van der Waals surface area contributed by atoms with Gasteiger partial charge in [0.2, 0.25) is 0 Å². The zero-order chi connectivity index (χ0) is 37.9. The fourth-order valence-corrected chi connectivity index (χ4v) is 7.75. The number of ether oxygens (including phenoxy) is 4. The topological polar surface area (TPSA) is 120 Å². The molecule has 4 heterocycles. The van der Waals surface area contributed by atoms with Crippen LogP contribution in [0.25, 0.3) is 22.4 Å². The molecule has 284 valence electrons. The standard InChI is InChI=1S/C31H41F6N3O8SSi2/c1-30(2,3)51(7,8)48-23-15-45-26-22(14-44-27(23)26)46-29-38-21-13-20(34)25(39-28(21)40(29)16-43-9-10-50(4,5)6)24-18(32)11-17(12-19(24)33)47-49(41,42)31(35,36)37/h11-13,22-23,26-27H,9-10,14-16H2,1-8H3/t22-,23-,26-,27-/m1/s1. The molecule has 0 unspecified atom stereocenters. The lowest BCUT2D eigenvalue weighted by atomic mass is 10.1. The molecule has 11 nitrogen and oxygen atoms in total. The van der Waals surface area contributed by atoms with Crippen LogP contribution < -0.4 is 8.92 Å². The molecule has 4 atom stereocenters. The quantitative estimate of drug-likeness (QED) is 0.0625. The predicted molar refractivity (Wildman–Crippen MR) is 179 cm³/mol. The second-order valence-corrected chi connectivity index (χ2v) is 27.2. The van der Waals surface area contributed by atoms with Gasteiger partial charge < -0.3 is 27.6 Å². The van der Waals surface area contributed by atoms with Crippen LogP contribution in [0.3, 0.4) is 0 Å². The average Bonchev–Trinajstić information content (AvgIpc) is 3.64. The molecular weight excluding hydrogens is 745 g/mol. The van der Waals surface area contributed by atoms with Gasteiger partial charge in [0.15, 0.2) is 25.9 Å². The van der Waals surface area contributed by atoms with Gasteiger partial charge in [-0.25, -0.2) is 18.2 Å². The lowest BCUT2D eigenvalue weighted by Crippen LogP contribution is -2.47. The van der Waals surface area contributed by atoms with Crippen LogP contribution >= 0.6 is 0 Å². The van der Waals surface area contributed by atoms with Crippen molar-refractivity contribution < 1.29 is 62.3 Å². The van der Waals surface area contributed by atoms with Gasteiger partial charge in [-0.05, 0) is 24.2 Å². The summed E-state index contributed by atoms with van der Waals surface area (Å²) in [5, 5.41) is -0.0452. The Labute approximate surface area is 293 Å². The van der Waals surface area contributed by atoms with Gasteiger partial charge in [-0.3, -0.25) is 4.57 Å². The molecule has 3 aromatic rings. The third-order valence-corrected chi connectivity index (χ3v) is 16.3. The summed E-state index contributed by atoms with van der Waals surface area (Å²) in [4.78, 5) is 8.55. The van der Waals surface area contributed by atoms with E-state index >= 15 is 13.2 Å².